The lowest BCUT2D eigenvalue weighted by molar-refractivity contribution is -0.662. The summed E-state index contributed by atoms with van der Waals surface area (Å²) in [6.07, 6.45) is 7.75. The molecule has 19 heavy (non-hydrogen) atoms. The lowest BCUT2D eigenvalue weighted by atomic mass is 10.4. The van der Waals surface area contributed by atoms with E-state index in [4.69, 9.17) is 0 Å². The highest BCUT2D eigenvalue weighted by atomic mass is 32.1. The van der Waals surface area contributed by atoms with Crippen LogP contribution in [0.1, 0.15) is 11.4 Å². The van der Waals surface area contributed by atoms with E-state index in [0.29, 0.717) is 0 Å². The molecule has 0 bridgehead atoms. The zero-order valence-corrected chi connectivity index (χ0v) is 11.2. The average Bonchev–Trinajstić information content (AvgIpc) is 3.09. The number of fused-ring (bicyclic) bond motifs is 2. The van der Waals surface area contributed by atoms with Crippen LogP contribution in [0, 0.1) is 6.92 Å². The van der Waals surface area contributed by atoms with Gasteiger partial charge in [0.25, 0.3) is 5.65 Å². The van der Waals surface area contributed by atoms with Crippen LogP contribution < -0.4 is 4.57 Å². The molecule has 0 aliphatic heterocycles. The summed E-state index contributed by atoms with van der Waals surface area (Å²) in [5.41, 5.74) is 4.52. The SMILES string of the molecule is Cc1c[n+](Cc2cnc3ccsn23)c2ccncn12. The van der Waals surface area contributed by atoms with Crippen molar-refractivity contribution in [3.05, 3.63) is 53.8 Å². The fraction of sp³-hybridized carbons (Fsp3) is 0.154. The second-order valence-corrected chi connectivity index (χ2v) is 5.37. The van der Waals surface area contributed by atoms with Gasteiger partial charge < -0.3 is 0 Å². The average molecular weight is 270 g/mol. The quantitative estimate of drug-likeness (QED) is 0.520. The Hall–Kier alpha value is -2.21. The third kappa shape index (κ3) is 1.57. The number of hydrogen-bond donors (Lipinski definition) is 0. The summed E-state index contributed by atoms with van der Waals surface area (Å²) in [7, 11) is 0. The minimum atomic E-state index is 0.809. The fourth-order valence-electron chi connectivity index (χ4n) is 2.40. The molecule has 94 valence electrons. The molecule has 4 aromatic rings. The van der Waals surface area contributed by atoms with Crippen LogP contribution in [0.4, 0.5) is 0 Å². The largest absolute Gasteiger partial charge is 0.289 e. The van der Waals surface area contributed by atoms with Gasteiger partial charge in [0.2, 0.25) is 0 Å². The maximum absolute atomic E-state index is 4.40. The van der Waals surface area contributed by atoms with Gasteiger partial charge in [-0.15, -0.1) is 0 Å². The van der Waals surface area contributed by atoms with E-state index < -0.39 is 0 Å². The van der Waals surface area contributed by atoms with Crippen LogP contribution in [0.5, 0.6) is 0 Å². The maximum atomic E-state index is 4.40. The highest BCUT2D eigenvalue weighted by molar-refractivity contribution is 7.04. The van der Waals surface area contributed by atoms with E-state index in [9.17, 15) is 0 Å². The standard InChI is InChI=1S/C13H12N5S/c1-10-7-16(13-2-4-14-9-17(10)13)8-11-6-15-12-3-5-19-18(11)12/h2-7,9H,8H2,1H3/q+1. The predicted molar refractivity (Wildman–Crippen MR) is 72.3 cm³/mol. The van der Waals surface area contributed by atoms with Crippen molar-refractivity contribution in [3.63, 3.8) is 0 Å². The Labute approximate surface area is 113 Å². The molecular weight excluding hydrogens is 258 g/mol. The van der Waals surface area contributed by atoms with Crippen LogP contribution >= 0.6 is 11.5 Å². The molecule has 4 heterocycles. The number of rotatable bonds is 2. The van der Waals surface area contributed by atoms with Gasteiger partial charge in [-0.25, -0.2) is 18.3 Å². The van der Waals surface area contributed by atoms with Gasteiger partial charge in [-0.3, -0.25) is 0 Å². The van der Waals surface area contributed by atoms with Gasteiger partial charge in [-0.1, -0.05) is 11.5 Å². The lowest BCUT2D eigenvalue weighted by Gasteiger charge is -1.96. The Balaban J connectivity index is 1.85. The Bertz CT molecular complexity index is 869. The van der Waals surface area contributed by atoms with Gasteiger partial charge in [-0.05, 0) is 6.07 Å². The summed E-state index contributed by atoms with van der Waals surface area (Å²) in [6, 6.07) is 4.06. The summed E-state index contributed by atoms with van der Waals surface area (Å²) in [6.45, 7) is 2.89. The first kappa shape index (κ1) is 10.7. The molecule has 0 unspecified atom stereocenters. The Morgan fingerprint density at radius 1 is 1.37 bits per heavy atom. The molecule has 0 spiro atoms. The highest BCUT2D eigenvalue weighted by Gasteiger charge is 2.15. The molecule has 0 radical (unpaired) electrons. The van der Waals surface area contributed by atoms with Gasteiger partial charge in [0, 0.05) is 24.6 Å². The van der Waals surface area contributed by atoms with Crippen LogP contribution in [0.3, 0.4) is 0 Å². The van der Waals surface area contributed by atoms with E-state index in [-0.39, 0.29) is 0 Å². The molecule has 0 saturated heterocycles. The first-order valence-corrected chi connectivity index (χ1v) is 6.88. The van der Waals surface area contributed by atoms with Crippen molar-refractivity contribution >= 4 is 22.8 Å². The van der Waals surface area contributed by atoms with Crippen molar-refractivity contribution in [2.75, 3.05) is 0 Å². The zero-order chi connectivity index (χ0) is 12.8. The topological polar surface area (TPSA) is 38.5 Å². The number of nitrogens with zero attached hydrogens (tertiary/aromatic N) is 5. The van der Waals surface area contributed by atoms with Gasteiger partial charge in [-0.2, -0.15) is 4.40 Å². The number of aromatic nitrogens is 5. The Morgan fingerprint density at radius 2 is 2.32 bits per heavy atom. The summed E-state index contributed by atoms with van der Waals surface area (Å²) >= 11 is 1.67. The van der Waals surface area contributed by atoms with E-state index >= 15 is 0 Å². The maximum Gasteiger partial charge on any atom is 0.289 e. The fourth-order valence-corrected chi connectivity index (χ4v) is 3.16. The summed E-state index contributed by atoms with van der Waals surface area (Å²) < 4.78 is 6.47. The third-order valence-corrected chi connectivity index (χ3v) is 4.18. The van der Waals surface area contributed by atoms with Crippen molar-refractivity contribution < 1.29 is 4.57 Å². The first-order valence-electron chi connectivity index (χ1n) is 6.04. The molecule has 0 N–H and O–H groups in total. The second kappa shape index (κ2) is 3.89. The predicted octanol–water partition coefficient (Wildman–Crippen LogP) is 1.69. The number of imidazole rings is 2. The summed E-state index contributed by atoms with van der Waals surface area (Å²) in [4.78, 5) is 8.56. The number of hydrogen-bond acceptors (Lipinski definition) is 3. The minimum Gasteiger partial charge on any atom is -0.248 e. The summed E-state index contributed by atoms with van der Waals surface area (Å²) in [5, 5.41) is 2.06. The van der Waals surface area contributed by atoms with Crippen molar-refractivity contribution in [2.45, 2.75) is 13.5 Å². The molecule has 5 nitrogen and oxygen atoms in total. The van der Waals surface area contributed by atoms with Crippen LogP contribution in [0.25, 0.3) is 11.3 Å². The monoisotopic (exact) mass is 270 g/mol. The molecule has 4 rings (SSSR count). The van der Waals surface area contributed by atoms with E-state index in [1.54, 1.807) is 11.5 Å². The van der Waals surface area contributed by atoms with Crippen molar-refractivity contribution in [1.82, 2.24) is 18.2 Å². The lowest BCUT2D eigenvalue weighted by Crippen LogP contribution is -2.33. The first-order chi connectivity index (χ1) is 9.33. The Kier molecular flexibility index (Phi) is 2.19. The molecule has 6 heteroatoms. The molecule has 0 aromatic carbocycles. The van der Waals surface area contributed by atoms with Crippen molar-refractivity contribution in [2.24, 2.45) is 0 Å². The van der Waals surface area contributed by atoms with Crippen LogP contribution in [-0.2, 0) is 6.54 Å². The molecule has 0 aliphatic rings. The highest BCUT2D eigenvalue weighted by Crippen LogP contribution is 2.12. The normalized spacial score (nSPS) is 11.6. The number of aryl methyl sites for hydroxylation is 1. The summed E-state index contributed by atoms with van der Waals surface area (Å²) in [5.74, 6) is 0. The third-order valence-electron chi connectivity index (χ3n) is 3.29. The van der Waals surface area contributed by atoms with E-state index in [1.165, 1.54) is 11.4 Å². The molecule has 0 atom stereocenters. The molecule has 0 fully saturated rings. The van der Waals surface area contributed by atoms with Crippen molar-refractivity contribution in [1.29, 1.82) is 0 Å². The molecular formula is C13H12N5S+. The van der Waals surface area contributed by atoms with Gasteiger partial charge in [0.15, 0.2) is 6.33 Å². The van der Waals surface area contributed by atoms with Gasteiger partial charge in [0.1, 0.15) is 24.1 Å². The van der Waals surface area contributed by atoms with Crippen molar-refractivity contribution in [3.8, 4) is 0 Å². The smallest absolute Gasteiger partial charge is 0.248 e. The van der Waals surface area contributed by atoms with Crippen LogP contribution in [0.2, 0.25) is 0 Å². The van der Waals surface area contributed by atoms with E-state index in [2.05, 4.69) is 41.2 Å². The second-order valence-electron chi connectivity index (χ2n) is 4.52. The zero-order valence-electron chi connectivity index (χ0n) is 10.4. The van der Waals surface area contributed by atoms with Crippen LogP contribution in [-0.4, -0.2) is 18.2 Å². The molecule has 0 amide bonds. The molecule has 0 saturated carbocycles. The molecule has 4 aromatic heterocycles. The Morgan fingerprint density at radius 3 is 3.26 bits per heavy atom. The molecule has 0 aliphatic carbocycles. The van der Waals surface area contributed by atoms with E-state index in [0.717, 1.165) is 17.8 Å². The van der Waals surface area contributed by atoms with Crippen LogP contribution in [0.15, 0.2) is 42.4 Å². The van der Waals surface area contributed by atoms with Gasteiger partial charge >= 0.3 is 0 Å². The van der Waals surface area contributed by atoms with E-state index in [1.807, 2.05) is 30.9 Å². The van der Waals surface area contributed by atoms with Gasteiger partial charge in [0.05, 0.1) is 11.9 Å². The minimum absolute atomic E-state index is 0.809.